The molecular weight excluding hydrogens is 200 g/mol. The van der Waals surface area contributed by atoms with Crippen molar-refractivity contribution in [2.75, 3.05) is 0 Å². The monoisotopic (exact) mass is 206 g/mol. The van der Waals surface area contributed by atoms with Gasteiger partial charge in [-0.2, -0.15) is 0 Å². The summed E-state index contributed by atoms with van der Waals surface area (Å²) in [7, 11) is 0. The van der Waals surface area contributed by atoms with E-state index in [1.165, 1.54) is 12.1 Å². The van der Waals surface area contributed by atoms with E-state index >= 15 is 0 Å². The summed E-state index contributed by atoms with van der Waals surface area (Å²) in [6, 6.07) is 3.43. The molecule has 14 heavy (non-hydrogen) atoms. The highest BCUT2D eigenvalue weighted by molar-refractivity contribution is 5.55. The van der Waals surface area contributed by atoms with Crippen LogP contribution in [0.2, 0.25) is 0 Å². The third kappa shape index (κ3) is 2.48. The van der Waals surface area contributed by atoms with Gasteiger partial charge < -0.3 is 4.74 Å². The minimum Gasteiger partial charge on any atom is -0.402 e. The molecule has 0 spiro atoms. The van der Waals surface area contributed by atoms with Crippen molar-refractivity contribution in [2.24, 2.45) is 0 Å². The number of hydrogen-bond acceptors (Lipinski definition) is 1. The molecule has 0 saturated carbocycles. The van der Waals surface area contributed by atoms with Crippen molar-refractivity contribution in [1.82, 2.24) is 0 Å². The largest absolute Gasteiger partial charge is 0.573 e. The van der Waals surface area contributed by atoms with Crippen molar-refractivity contribution < 1.29 is 22.3 Å². The highest BCUT2D eigenvalue weighted by atomic mass is 19.4. The van der Waals surface area contributed by atoms with Gasteiger partial charge in [0.25, 0.3) is 0 Å². The fourth-order valence-corrected chi connectivity index (χ4v) is 0.910. The Hall–Kier alpha value is -1.52. The van der Waals surface area contributed by atoms with Gasteiger partial charge in [0.15, 0.2) is 11.6 Å². The Bertz CT molecular complexity index is 343. The summed E-state index contributed by atoms with van der Waals surface area (Å²) in [5.74, 6) is -1.92. The zero-order chi connectivity index (χ0) is 10.8. The number of benzene rings is 1. The van der Waals surface area contributed by atoms with Gasteiger partial charge in [-0.15, -0.1) is 13.2 Å². The maximum atomic E-state index is 12.9. The van der Waals surface area contributed by atoms with Gasteiger partial charge in [-0.25, -0.2) is 4.39 Å². The molecule has 0 aromatic heterocycles. The van der Waals surface area contributed by atoms with E-state index in [4.69, 9.17) is 0 Å². The molecule has 0 aliphatic rings. The molecule has 0 atom stereocenters. The van der Waals surface area contributed by atoms with Crippen molar-refractivity contribution >= 4 is 6.08 Å². The molecule has 76 valence electrons. The molecule has 1 aromatic rings. The lowest BCUT2D eigenvalue weighted by atomic mass is 10.2. The smallest absolute Gasteiger partial charge is 0.402 e. The van der Waals surface area contributed by atoms with Crippen LogP contribution in [-0.2, 0) is 0 Å². The van der Waals surface area contributed by atoms with Crippen molar-refractivity contribution in [3.8, 4) is 5.75 Å². The minimum atomic E-state index is -4.90. The molecule has 0 amide bonds. The van der Waals surface area contributed by atoms with Crippen molar-refractivity contribution in [1.29, 1.82) is 0 Å². The van der Waals surface area contributed by atoms with Crippen LogP contribution < -0.4 is 4.74 Å². The van der Waals surface area contributed by atoms with Gasteiger partial charge in [-0.3, -0.25) is 0 Å². The normalized spacial score (nSPS) is 11.1. The SMILES string of the molecule is C=Cc1cccc(F)c1OC(F)(F)F. The van der Waals surface area contributed by atoms with E-state index in [9.17, 15) is 17.6 Å². The van der Waals surface area contributed by atoms with Crippen LogP contribution in [0, 0.1) is 5.82 Å². The summed E-state index contributed by atoms with van der Waals surface area (Å²) in [6.07, 6.45) is -3.82. The van der Waals surface area contributed by atoms with Gasteiger partial charge >= 0.3 is 6.36 Å². The molecule has 0 heterocycles. The first-order valence-corrected chi connectivity index (χ1v) is 3.61. The molecular formula is C9H6F4O. The van der Waals surface area contributed by atoms with E-state index in [-0.39, 0.29) is 5.56 Å². The maximum Gasteiger partial charge on any atom is 0.573 e. The van der Waals surface area contributed by atoms with Crippen LogP contribution in [0.1, 0.15) is 5.56 Å². The second-order valence-electron chi connectivity index (χ2n) is 2.41. The predicted molar refractivity (Wildman–Crippen MR) is 43.2 cm³/mol. The first-order valence-electron chi connectivity index (χ1n) is 3.61. The molecule has 1 aromatic carbocycles. The van der Waals surface area contributed by atoms with Gasteiger partial charge in [0.1, 0.15) is 0 Å². The third-order valence-corrected chi connectivity index (χ3v) is 1.44. The van der Waals surface area contributed by atoms with Gasteiger partial charge in [0.2, 0.25) is 0 Å². The highest BCUT2D eigenvalue weighted by Crippen LogP contribution is 2.29. The van der Waals surface area contributed by atoms with Crippen molar-refractivity contribution in [2.45, 2.75) is 6.36 Å². The minimum absolute atomic E-state index is 0.0395. The summed E-state index contributed by atoms with van der Waals surface area (Å²) in [5.41, 5.74) is -0.0395. The number of hydrogen-bond donors (Lipinski definition) is 0. The van der Waals surface area contributed by atoms with Crippen LogP contribution in [-0.4, -0.2) is 6.36 Å². The Balaban J connectivity index is 3.11. The molecule has 0 radical (unpaired) electrons. The zero-order valence-corrected chi connectivity index (χ0v) is 6.94. The summed E-state index contributed by atoms with van der Waals surface area (Å²) in [5, 5.41) is 0. The Kier molecular flexibility index (Phi) is 2.78. The van der Waals surface area contributed by atoms with Crippen LogP contribution in [0.15, 0.2) is 24.8 Å². The summed E-state index contributed by atoms with van der Waals surface area (Å²) in [6.45, 7) is 3.25. The van der Waals surface area contributed by atoms with Gasteiger partial charge in [0, 0.05) is 5.56 Å². The lowest BCUT2D eigenvalue weighted by Crippen LogP contribution is -2.18. The fraction of sp³-hybridized carbons (Fsp3) is 0.111. The van der Waals surface area contributed by atoms with E-state index in [0.29, 0.717) is 0 Å². The Morgan fingerprint density at radius 1 is 1.29 bits per heavy atom. The second kappa shape index (κ2) is 3.69. The molecule has 0 aliphatic heterocycles. The van der Waals surface area contributed by atoms with Crippen LogP contribution >= 0.6 is 0 Å². The molecule has 0 bridgehead atoms. The van der Waals surface area contributed by atoms with Crippen LogP contribution in [0.25, 0.3) is 6.08 Å². The second-order valence-corrected chi connectivity index (χ2v) is 2.41. The molecule has 0 saturated heterocycles. The average molecular weight is 206 g/mol. The van der Waals surface area contributed by atoms with Gasteiger partial charge in [-0.1, -0.05) is 24.8 Å². The molecule has 0 N–H and O–H groups in total. The number of halogens is 4. The molecule has 0 unspecified atom stereocenters. The van der Waals surface area contributed by atoms with Crippen molar-refractivity contribution in [3.63, 3.8) is 0 Å². The Labute approximate surface area is 77.6 Å². The van der Waals surface area contributed by atoms with E-state index < -0.39 is 17.9 Å². The maximum absolute atomic E-state index is 12.9. The summed E-state index contributed by atoms with van der Waals surface area (Å²) >= 11 is 0. The quantitative estimate of drug-likeness (QED) is 0.674. The van der Waals surface area contributed by atoms with Crippen LogP contribution in [0.3, 0.4) is 0 Å². The molecule has 0 aliphatic carbocycles. The average Bonchev–Trinajstić information content (AvgIpc) is 2.06. The summed E-state index contributed by atoms with van der Waals surface area (Å²) < 4.78 is 51.8. The topological polar surface area (TPSA) is 9.23 Å². The number of para-hydroxylation sites is 1. The first kappa shape index (κ1) is 10.6. The standard InChI is InChI=1S/C9H6F4O/c1-2-6-4-3-5-7(10)8(6)14-9(11,12)13/h2-5H,1H2. The Morgan fingerprint density at radius 2 is 1.93 bits per heavy atom. The van der Waals surface area contributed by atoms with E-state index in [1.807, 2.05) is 0 Å². The first-order chi connectivity index (χ1) is 6.44. The molecule has 1 nitrogen and oxygen atoms in total. The number of alkyl halides is 3. The van der Waals surface area contributed by atoms with Crippen LogP contribution in [0.4, 0.5) is 17.6 Å². The zero-order valence-electron chi connectivity index (χ0n) is 6.94. The fourth-order valence-electron chi connectivity index (χ4n) is 0.910. The summed E-state index contributed by atoms with van der Waals surface area (Å²) in [4.78, 5) is 0. The number of ether oxygens (including phenoxy) is 1. The predicted octanol–water partition coefficient (Wildman–Crippen LogP) is 3.37. The van der Waals surface area contributed by atoms with E-state index in [1.54, 1.807) is 0 Å². The lowest BCUT2D eigenvalue weighted by molar-refractivity contribution is -0.275. The number of rotatable bonds is 2. The van der Waals surface area contributed by atoms with Gasteiger partial charge in [-0.05, 0) is 6.07 Å². The molecule has 5 heteroatoms. The highest BCUT2D eigenvalue weighted by Gasteiger charge is 2.33. The molecule has 1 rings (SSSR count). The van der Waals surface area contributed by atoms with Gasteiger partial charge in [0.05, 0.1) is 0 Å². The Morgan fingerprint density at radius 3 is 2.43 bits per heavy atom. The third-order valence-electron chi connectivity index (χ3n) is 1.44. The van der Waals surface area contributed by atoms with Crippen LogP contribution in [0.5, 0.6) is 5.75 Å². The van der Waals surface area contributed by atoms with E-state index in [2.05, 4.69) is 11.3 Å². The lowest BCUT2D eigenvalue weighted by Gasteiger charge is -2.11. The molecule has 0 fully saturated rings. The van der Waals surface area contributed by atoms with E-state index in [0.717, 1.165) is 12.1 Å². The van der Waals surface area contributed by atoms with Crippen molar-refractivity contribution in [3.05, 3.63) is 36.2 Å².